The second-order valence-electron chi connectivity index (χ2n) is 1.81. The summed E-state index contributed by atoms with van der Waals surface area (Å²) in [6, 6.07) is 8.71. The van der Waals surface area contributed by atoms with Crippen molar-refractivity contribution in [2.45, 2.75) is 0 Å². The van der Waals surface area contributed by atoms with Gasteiger partial charge in [-0.15, -0.1) is 6.58 Å². The molecule has 1 aromatic rings. The topological polar surface area (TPSA) is 40.5 Å². The monoisotopic (exact) mass is 152 g/mol. The molecule has 60 valence electrons. The van der Waals surface area contributed by atoms with E-state index < -0.39 is 0 Å². The third kappa shape index (κ3) is 6.61. The third-order valence-electron chi connectivity index (χ3n) is 0.885. The number of para-hydroxylation sites is 1. The van der Waals surface area contributed by atoms with Crippen molar-refractivity contribution >= 4 is 0 Å². The zero-order valence-electron chi connectivity index (χ0n) is 6.27. The molecule has 0 unspecified atom stereocenters. The molecule has 0 amide bonds. The summed E-state index contributed by atoms with van der Waals surface area (Å²) in [6.45, 7) is 3.31. The van der Waals surface area contributed by atoms with Crippen LogP contribution in [0.15, 0.2) is 43.0 Å². The number of hydrogen-bond donors (Lipinski definition) is 2. The van der Waals surface area contributed by atoms with Crippen LogP contribution in [-0.2, 0) is 0 Å². The van der Waals surface area contributed by atoms with E-state index in [9.17, 15) is 0 Å². The minimum absolute atomic E-state index is 0.0833. The van der Waals surface area contributed by atoms with Gasteiger partial charge in [0.15, 0.2) is 0 Å². The van der Waals surface area contributed by atoms with Gasteiger partial charge in [0, 0.05) is 0 Å². The lowest BCUT2D eigenvalue weighted by Gasteiger charge is -1.82. The Morgan fingerprint density at radius 2 is 1.73 bits per heavy atom. The van der Waals surface area contributed by atoms with Crippen LogP contribution in [0.3, 0.4) is 0 Å². The van der Waals surface area contributed by atoms with Crippen molar-refractivity contribution in [3.8, 4) is 5.75 Å². The molecule has 0 aromatic heterocycles. The van der Waals surface area contributed by atoms with Crippen molar-refractivity contribution in [2.24, 2.45) is 0 Å². The van der Waals surface area contributed by atoms with Gasteiger partial charge in [0.25, 0.3) is 0 Å². The Morgan fingerprint density at radius 3 is 1.91 bits per heavy atom. The molecular formula is C9H12O2. The number of rotatable bonds is 1. The highest BCUT2D eigenvalue weighted by molar-refractivity contribution is 5.18. The van der Waals surface area contributed by atoms with Gasteiger partial charge in [-0.1, -0.05) is 24.3 Å². The summed E-state index contributed by atoms with van der Waals surface area (Å²) >= 11 is 0. The average molecular weight is 152 g/mol. The molecule has 11 heavy (non-hydrogen) atoms. The molecule has 0 atom stereocenters. The van der Waals surface area contributed by atoms with Crippen LogP contribution in [0.5, 0.6) is 5.75 Å². The van der Waals surface area contributed by atoms with Crippen LogP contribution < -0.4 is 0 Å². The minimum Gasteiger partial charge on any atom is -0.508 e. The fourth-order valence-electron chi connectivity index (χ4n) is 0.428. The lowest BCUT2D eigenvalue weighted by Crippen LogP contribution is -1.62. The fourth-order valence-corrected chi connectivity index (χ4v) is 0.428. The van der Waals surface area contributed by atoms with E-state index in [1.165, 1.54) is 6.08 Å². The van der Waals surface area contributed by atoms with E-state index in [-0.39, 0.29) is 6.61 Å². The van der Waals surface area contributed by atoms with E-state index in [4.69, 9.17) is 10.2 Å². The second kappa shape index (κ2) is 6.83. The summed E-state index contributed by atoms with van der Waals surface area (Å²) in [5.41, 5.74) is 0. The number of aliphatic hydroxyl groups is 1. The predicted octanol–water partition coefficient (Wildman–Crippen LogP) is 1.56. The highest BCUT2D eigenvalue weighted by atomic mass is 16.3. The summed E-state index contributed by atoms with van der Waals surface area (Å²) in [5.74, 6) is 0.322. The van der Waals surface area contributed by atoms with Crippen LogP contribution in [0.25, 0.3) is 0 Å². The van der Waals surface area contributed by atoms with Crippen LogP contribution in [0.2, 0.25) is 0 Å². The molecule has 0 aliphatic heterocycles. The molecule has 0 heterocycles. The molecule has 0 aliphatic carbocycles. The number of aromatic hydroxyl groups is 1. The van der Waals surface area contributed by atoms with Crippen LogP contribution >= 0.6 is 0 Å². The van der Waals surface area contributed by atoms with Crippen molar-refractivity contribution in [3.63, 3.8) is 0 Å². The van der Waals surface area contributed by atoms with E-state index in [1.807, 2.05) is 6.07 Å². The molecule has 0 aliphatic rings. The van der Waals surface area contributed by atoms with Crippen LogP contribution in [0.4, 0.5) is 0 Å². The van der Waals surface area contributed by atoms with Gasteiger partial charge in [-0.2, -0.15) is 0 Å². The van der Waals surface area contributed by atoms with Gasteiger partial charge in [-0.3, -0.25) is 0 Å². The van der Waals surface area contributed by atoms with Gasteiger partial charge in [0.2, 0.25) is 0 Å². The van der Waals surface area contributed by atoms with Crippen LogP contribution in [0, 0.1) is 0 Å². The molecule has 0 saturated carbocycles. The highest BCUT2D eigenvalue weighted by Gasteiger charge is 1.74. The first-order valence-electron chi connectivity index (χ1n) is 3.27. The average Bonchev–Trinajstić information content (AvgIpc) is 2.07. The Bertz CT molecular complexity index is 182. The molecule has 0 bridgehead atoms. The molecule has 0 fully saturated rings. The molecule has 0 spiro atoms. The van der Waals surface area contributed by atoms with Crippen molar-refractivity contribution in [2.75, 3.05) is 6.61 Å². The van der Waals surface area contributed by atoms with E-state index in [0.717, 1.165) is 0 Å². The van der Waals surface area contributed by atoms with Crippen molar-refractivity contribution in [1.82, 2.24) is 0 Å². The predicted molar refractivity (Wildman–Crippen MR) is 45.4 cm³/mol. The van der Waals surface area contributed by atoms with Crippen LogP contribution in [0.1, 0.15) is 0 Å². The van der Waals surface area contributed by atoms with Gasteiger partial charge < -0.3 is 10.2 Å². The highest BCUT2D eigenvalue weighted by Crippen LogP contribution is 2.02. The number of phenols is 1. The van der Waals surface area contributed by atoms with Crippen LogP contribution in [-0.4, -0.2) is 16.8 Å². The Labute approximate surface area is 66.4 Å². The van der Waals surface area contributed by atoms with Crippen molar-refractivity contribution in [3.05, 3.63) is 43.0 Å². The Morgan fingerprint density at radius 1 is 1.27 bits per heavy atom. The van der Waals surface area contributed by atoms with Crippen molar-refractivity contribution < 1.29 is 10.2 Å². The molecule has 1 rings (SSSR count). The normalized spacial score (nSPS) is 7.73. The number of phenolic OH excluding ortho intramolecular Hbond substituents is 1. The number of benzene rings is 1. The lowest BCUT2D eigenvalue weighted by molar-refractivity contribution is 0.343. The lowest BCUT2D eigenvalue weighted by atomic mass is 10.3. The third-order valence-corrected chi connectivity index (χ3v) is 0.885. The van der Waals surface area contributed by atoms with Gasteiger partial charge in [0.05, 0.1) is 6.61 Å². The SMILES string of the molecule is C=CCO.Oc1ccccc1. The maximum Gasteiger partial charge on any atom is 0.115 e. The first kappa shape index (κ1) is 9.72. The summed E-state index contributed by atoms with van der Waals surface area (Å²) < 4.78 is 0. The zero-order chi connectivity index (χ0) is 8.53. The standard InChI is InChI=1S/C6H6O.C3H6O/c7-6-4-2-1-3-5-6;1-2-3-4/h1-5,7H;2,4H,1,3H2. The van der Waals surface area contributed by atoms with Gasteiger partial charge in [-0.25, -0.2) is 0 Å². The summed E-state index contributed by atoms with van der Waals surface area (Å²) in [5, 5.41) is 16.4. The Balaban J connectivity index is 0.000000218. The molecule has 2 heteroatoms. The summed E-state index contributed by atoms with van der Waals surface area (Å²) in [6.07, 6.45) is 1.43. The molecular weight excluding hydrogens is 140 g/mol. The Kier molecular flexibility index (Phi) is 6.04. The van der Waals surface area contributed by atoms with Gasteiger partial charge in [0.1, 0.15) is 5.75 Å². The zero-order valence-corrected chi connectivity index (χ0v) is 6.27. The molecule has 2 N–H and O–H groups in total. The smallest absolute Gasteiger partial charge is 0.115 e. The Hall–Kier alpha value is -1.28. The number of aliphatic hydroxyl groups excluding tert-OH is 1. The maximum atomic E-state index is 8.63. The van der Waals surface area contributed by atoms with E-state index in [1.54, 1.807) is 24.3 Å². The number of hydrogen-bond acceptors (Lipinski definition) is 2. The molecule has 1 aromatic carbocycles. The van der Waals surface area contributed by atoms with E-state index in [2.05, 4.69) is 6.58 Å². The molecule has 2 nitrogen and oxygen atoms in total. The fraction of sp³-hybridized carbons (Fsp3) is 0.111. The first-order valence-corrected chi connectivity index (χ1v) is 3.27. The summed E-state index contributed by atoms with van der Waals surface area (Å²) in [4.78, 5) is 0. The van der Waals surface area contributed by atoms with Crippen molar-refractivity contribution in [1.29, 1.82) is 0 Å². The van der Waals surface area contributed by atoms with Gasteiger partial charge >= 0.3 is 0 Å². The van der Waals surface area contributed by atoms with Gasteiger partial charge in [-0.05, 0) is 12.1 Å². The maximum absolute atomic E-state index is 8.63. The second-order valence-corrected chi connectivity index (χ2v) is 1.81. The largest absolute Gasteiger partial charge is 0.508 e. The summed E-state index contributed by atoms with van der Waals surface area (Å²) in [7, 11) is 0. The quantitative estimate of drug-likeness (QED) is 0.599. The minimum atomic E-state index is 0.0833. The first-order chi connectivity index (χ1) is 5.31. The van der Waals surface area contributed by atoms with E-state index in [0.29, 0.717) is 5.75 Å². The van der Waals surface area contributed by atoms with E-state index >= 15 is 0 Å². The molecule has 0 saturated heterocycles. The molecule has 0 radical (unpaired) electrons.